The molecule has 3 aromatic rings. The van der Waals surface area contributed by atoms with Crippen molar-refractivity contribution in [3.63, 3.8) is 0 Å². The normalized spacial score (nSPS) is 18.6. The third-order valence-corrected chi connectivity index (χ3v) is 6.13. The van der Waals surface area contributed by atoms with Crippen molar-refractivity contribution in [3.8, 4) is 0 Å². The maximum Gasteiger partial charge on any atom is 0.418 e. The van der Waals surface area contributed by atoms with Crippen LogP contribution in [0.25, 0.3) is 11.2 Å². The van der Waals surface area contributed by atoms with Crippen molar-refractivity contribution < 1.29 is 22.0 Å². The SMILES string of the molecule is FC(F)Cn1ncc2ncc(N3CCCC4(C3)CN(c3cnccc3C(F)(F)F)C4)nc21. The van der Waals surface area contributed by atoms with E-state index in [-0.39, 0.29) is 11.1 Å². The molecule has 0 unspecified atom stereocenters. The maximum atomic E-state index is 13.4. The Morgan fingerprint density at radius 3 is 2.59 bits per heavy atom. The lowest BCUT2D eigenvalue weighted by Gasteiger charge is -2.56. The fraction of sp³-hybridized carbons (Fsp3) is 0.500. The molecule has 0 N–H and O–H groups in total. The van der Waals surface area contributed by atoms with E-state index in [9.17, 15) is 22.0 Å². The summed E-state index contributed by atoms with van der Waals surface area (Å²) in [5.74, 6) is 0.559. The predicted molar refractivity (Wildman–Crippen MR) is 107 cm³/mol. The van der Waals surface area contributed by atoms with E-state index in [0.29, 0.717) is 43.2 Å². The van der Waals surface area contributed by atoms with Gasteiger partial charge in [-0.05, 0) is 18.9 Å². The van der Waals surface area contributed by atoms with Gasteiger partial charge in [0.05, 0.1) is 29.8 Å². The first-order chi connectivity index (χ1) is 15.2. The smallest absolute Gasteiger partial charge is 0.368 e. The summed E-state index contributed by atoms with van der Waals surface area (Å²) in [5, 5.41) is 3.94. The van der Waals surface area contributed by atoms with E-state index in [2.05, 4.69) is 20.1 Å². The zero-order chi connectivity index (χ0) is 22.5. The second-order valence-electron chi connectivity index (χ2n) is 8.43. The quantitative estimate of drug-likeness (QED) is 0.563. The minimum absolute atomic E-state index is 0.0971. The average Bonchev–Trinajstić information content (AvgIpc) is 3.13. The highest BCUT2D eigenvalue weighted by molar-refractivity contribution is 5.71. The van der Waals surface area contributed by atoms with Crippen molar-refractivity contribution in [2.24, 2.45) is 5.41 Å². The second-order valence-corrected chi connectivity index (χ2v) is 8.43. The van der Waals surface area contributed by atoms with Gasteiger partial charge in [-0.1, -0.05) is 0 Å². The first-order valence-electron chi connectivity index (χ1n) is 10.2. The van der Waals surface area contributed by atoms with Gasteiger partial charge in [-0.2, -0.15) is 18.3 Å². The number of hydrogen-bond donors (Lipinski definition) is 0. The van der Waals surface area contributed by atoms with Gasteiger partial charge in [-0.25, -0.2) is 23.4 Å². The van der Waals surface area contributed by atoms with Gasteiger partial charge in [0.25, 0.3) is 6.43 Å². The van der Waals surface area contributed by atoms with Crippen LogP contribution in [0.3, 0.4) is 0 Å². The minimum Gasteiger partial charge on any atom is -0.368 e. The predicted octanol–water partition coefficient (Wildman–Crippen LogP) is 3.61. The van der Waals surface area contributed by atoms with Gasteiger partial charge in [-0.3, -0.25) is 4.98 Å². The molecule has 5 heterocycles. The lowest BCUT2D eigenvalue weighted by atomic mass is 9.73. The summed E-state index contributed by atoms with van der Waals surface area (Å²) in [7, 11) is 0. The highest BCUT2D eigenvalue weighted by Crippen LogP contribution is 2.45. The molecule has 0 aromatic carbocycles. The zero-order valence-corrected chi connectivity index (χ0v) is 16.9. The summed E-state index contributed by atoms with van der Waals surface area (Å²) in [6, 6.07) is 1.00. The van der Waals surface area contributed by atoms with E-state index < -0.39 is 24.7 Å². The number of alkyl halides is 5. The van der Waals surface area contributed by atoms with E-state index >= 15 is 0 Å². The molecular formula is C20H20F5N7. The molecule has 1 spiro atoms. The number of piperidine rings is 1. The van der Waals surface area contributed by atoms with Crippen LogP contribution in [0.1, 0.15) is 18.4 Å². The van der Waals surface area contributed by atoms with Crippen molar-refractivity contribution in [3.05, 3.63) is 36.4 Å². The molecule has 2 aliphatic heterocycles. The molecule has 5 rings (SSSR count). The van der Waals surface area contributed by atoms with Crippen LogP contribution < -0.4 is 9.80 Å². The molecule has 0 radical (unpaired) electrons. The van der Waals surface area contributed by atoms with Crippen LogP contribution in [-0.2, 0) is 12.7 Å². The van der Waals surface area contributed by atoms with Crippen LogP contribution in [0.4, 0.5) is 33.5 Å². The number of aromatic nitrogens is 5. The number of nitrogens with zero attached hydrogens (tertiary/aromatic N) is 7. The highest BCUT2D eigenvalue weighted by atomic mass is 19.4. The Kier molecular flexibility index (Phi) is 4.90. The summed E-state index contributed by atoms with van der Waals surface area (Å²) in [4.78, 5) is 16.4. The first kappa shape index (κ1) is 20.8. The largest absolute Gasteiger partial charge is 0.418 e. The summed E-state index contributed by atoms with van der Waals surface area (Å²) in [6.07, 6.45) is 0.154. The molecule has 0 saturated carbocycles. The topological polar surface area (TPSA) is 63.0 Å². The molecule has 2 aliphatic rings. The molecule has 0 atom stereocenters. The molecule has 3 aromatic heterocycles. The van der Waals surface area contributed by atoms with Crippen molar-refractivity contribution in [1.82, 2.24) is 24.7 Å². The first-order valence-corrected chi connectivity index (χ1v) is 10.2. The Hall–Kier alpha value is -3.05. The lowest BCUT2D eigenvalue weighted by molar-refractivity contribution is -0.137. The third-order valence-electron chi connectivity index (χ3n) is 6.13. The Labute approximate surface area is 179 Å². The van der Waals surface area contributed by atoms with Crippen molar-refractivity contribution in [2.75, 3.05) is 36.0 Å². The van der Waals surface area contributed by atoms with Crippen LogP contribution >= 0.6 is 0 Å². The van der Waals surface area contributed by atoms with E-state index in [1.54, 1.807) is 11.1 Å². The maximum absolute atomic E-state index is 13.4. The van der Waals surface area contributed by atoms with E-state index in [1.807, 2.05) is 4.90 Å². The van der Waals surface area contributed by atoms with Gasteiger partial charge in [0.2, 0.25) is 0 Å². The van der Waals surface area contributed by atoms with Gasteiger partial charge in [0.1, 0.15) is 17.9 Å². The van der Waals surface area contributed by atoms with E-state index in [1.165, 1.54) is 12.4 Å². The molecule has 170 valence electrons. The van der Waals surface area contributed by atoms with Crippen LogP contribution in [0.5, 0.6) is 0 Å². The van der Waals surface area contributed by atoms with Gasteiger partial charge < -0.3 is 9.80 Å². The summed E-state index contributed by atoms with van der Waals surface area (Å²) in [5.41, 5.74) is -0.0230. The summed E-state index contributed by atoms with van der Waals surface area (Å²) < 4.78 is 66.9. The Balaban J connectivity index is 1.34. The number of rotatable bonds is 4. The van der Waals surface area contributed by atoms with Crippen LogP contribution in [0.2, 0.25) is 0 Å². The van der Waals surface area contributed by atoms with Crippen LogP contribution in [0.15, 0.2) is 30.9 Å². The molecule has 0 amide bonds. The Morgan fingerprint density at radius 2 is 1.84 bits per heavy atom. The minimum atomic E-state index is -4.44. The van der Waals surface area contributed by atoms with Crippen molar-refractivity contribution in [1.29, 1.82) is 0 Å². The van der Waals surface area contributed by atoms with Gasteiger partial charge in [0, 0.05) is 37.8 Å². The molecular weight excluding hydrogens is 433 g/mol. The van der Waals surface area contributed by atoms with E-state index in [0.717, 1.165) is 29.8 Å². The van der Waals surface area contributed by atoms with Crippen molar-refractivity contribution >= 4 is 22.7 Å². The molecule has 2 fully saturated rings. The fourth-order valence-electron chi connectivity index (χ4n) is 4.73. The molecule has 7 nitrogen and oxygen atoms in total. The van der Waals surface area contributed by atoms with Crippen molar-refractivity contribution in [2.45, 2.75) is 32.0 Å². The molecule has 0 aliphatic carbocycles. The molecule has 12 heteroatoms. The monoisotopic (exact) mass is 453 g/mol. The Morgan fingerprint density at radius 1 is 1.06 bits per heavy atom. The standard InChI is InChI=1S/C20H20F5N7/c21-16(22)9-32-18-14(6-28-32)27-8-17(29-18)30-5-1-3-19(10-30)11-31(12-19)15-7-26-4-2-13(15)20(23,24)25/h2,4,6-8,16H,1,3,5,9-12H2. The van der Waals surface area contributed by atoms with Crippen LogP contribution in [-0.4, -0.2) is 57.3 Å². The fourth-order valence-corrected chi connectivity index (χ4v) is 4.73. The Bertz CT molecular complexity index is 1120. The molecule has 0 bridgehead atoms. The van der Waals surface area contributed by atoms with Crippen LogP contribution in [0, 0.1) is 5.41 Å². The summed E-state index contributed by atoms with van der Waals surface area (Å²) in [6.45, 7) is 1.72. The number of anilines is 2. The number of hydrogen-bond acceptors (Lipinski definition) is 6. The van der Waals surface area contributed by atoms with Gasteiger partial charge >= 0.3 is 6.18 Å². The number of halogens is 5. The summed E-state index contributed by atoms with van der Waals surface area (Å²) >= 11 is 0. The zero-order valence-electron chi connectivity index (χ0n) is 16.9. The van der Waals surface area contributed by atoms with Gasteiger partial charge in [-0.15, -0.1) is 0 Å². The average molecular weight is 453 g/mol. The molecule has 32 heavy (non-hydrogen) atoms. The lowest BCUT2D eigenvalue weighted by Crippen LogP contribution is -2.63. The second kappa shape index (κ2) is 7.52. The third kappa shape index (κ3) is 3.71. The number of pyridine rings is 1. The molecule has 2 saturated heterocycles. The highest BCUT2D eigenvalue weighted by Gasteiger charge is 2.48. The van der Waals surface area contributed by atoms with E-state index in [4.69, 9.17) is 0 Å². The number of fused-ring (bicyclic) bond motifs is 1. The van der Waals surface area contributed by atoms with Gasteiger partial charge in [0.15, 0.2) is 5.65 Å².